The van der Waals surface area contributed by atoms with Crippen LogP contribution < -0.4 is 5.32 Å². The summed E-state index contributed by atoms with van der Waals surface area (Å²) in [5.41, 5.74) is 1.52. The summed E-state index contributed by atoms with van der Waals surface area (Å²) in [6.07, 6.45) is 5.49. The highest BCUT2D eigenvalue weighted by Crippen LogP contribution is 2.38. The summed E-state index contributed by atoms with van der Waals surface area (Å²) in [7, 11) is 3.18. The molecule has 3 heterocycles. The van der Waals surface area contributed by atoms with Gasteiger partial charge in [0.15, 0.2) is 16.7 Å². The molecule has 0 aliphatic heterocycles. The zero-order valence-electron chi connectivity index (χ0n) is 16.1. The van der Waals surface area contributed by atoms with E-state index in [2.05, 4.69) is 15.5 Å². The first kappa shape index (κ1) is 19.7. The summed E-state index contributed by atoms with van der Waals surface area (Å²) in [5.74, 6) is 0.748. The molecule has 0 unspecified atom stereocenters. The number of carbonyl (C=O) groups excluding carboxylic acids is 2. The number of esters is 1. The highest BCUT2D eigenvalue weighted by molar-refractivity contribution is 7.99. The van der Waals surface area contributed by atoms with E-state index < -0.39 is 5.97 Å². The van der Waals surface area contributed by atoms with Crippen LogP contribution in [-0.2, 0) is 29.4 Å². The fraction of sp³-hybridized carbons (Fsp3) is 0.368. The maximum atomic E-state index is 12.6. The lowest BCUT2D eigenvalue weighted by atomic mass is 9.95. The van der Waals surface area contributed by atoms with Crippen LogP contribution in [0.3, 0.4) is 0 Å². The van der Waals surface area contributed by atoms with Gasteiger partial charge in [0.05, 0.1) is 24.7 Å². The molecule has 0 radical (unpaired) electrons. The average Bonchev–Trinajstić information content (AvgIpc) is 3.44. The molecule has 1 N–H and O–H groups in total. The number of aryl methyl sites for hydroxylation is 1. The number of aromatic nitrogens is 3. The molecular formula is C19H20N4O4S2. The fourth-order valence-electron chi connectivity index (χ4n) is 3.33. The number of thiophene rings is 1. The van der Waals surface area contributed by atoms with Crippen LogP contribution in [0.1, 0.15) is 33.6 Å². The molecule has 3 aromatic rings. The Kier molecular flexibility index (Phi) is 5.72. The molecule has 1 amide bonds. The number of nitrogens with zero attached hydrogens (tertiary/aromatic N) is 3. The Balaban J connectivity index is 1.46. The Morgan fingerprint density at radius 1 is 1.34 bits per heavy atom. The average molecular weight is 433 g/mol. The van der Waals surface area contributed by atoms with Crippen molar-refractivity contribution in [2.24, 2.45) is 7.05 Å². The summed E-state index contributed by atoms with van der Waals surface area (Å²) in [6, 6.07) is 3.59. The van der Waals surface area contributed by atoms with Crippen molar-refractivity contribution in [1.82, 2.24) is 14.8 Å². The largest absolute Gasteiger partial charge is 0.465 e. The van der Waals surface area contributed by atoms with Crippen LogP contribution >= 0.6 is 23.1 Å². The summed E-state index contributed by atoms with van der Waals surface area (Å²) >= 11 is 2.75. The predicted octanol–water partition coefficient (Wildman–Crippen LogP) is 3.53. The van der Waals surface area contributed by atoms with Gasteiger partial charge in [-0.05, 0) is 43.4 Å². The normalized spacial score (nSPS) is 13.2. The first-order chi connectivity index (χ1) is 14.1. The van der Waals surface area contributed by atoms with Crippen molar-refractivity contribution >= 4 is 40.0 Å². The van der Waals surface area contributed by atoms with Gasteiger partial charge in [0, 0.05) is 11.9 Å². The Hall–Kier alpha value is -2.59. The molecule has 3 aromatic heterocycles. The molecule has 10 heteroatoms. The number of carbonyl (C=O) groups is 2. The van der Waals surface area contributed by atoms with Crippen molar-refractivity contribution in [2.45, 2.75) is 30.8 Å². The van der Waals surface area contributed by atoms with E-state index in [1.54, 1.807) is 23.0 Å². The zero-order chi connectivity index (χ0) is 20.4. The van der Waals surface area contributed by atoms with Gasteiger partial charge in [-0.25, -0.2) is 4.79 Å². The smallest absolute Gasteiger partial charge is 0.341 e. The van der Waals surface area contributed by atoms with E-state index in [1.165, 1.54) is 30.2 Å². The number of furan rings is 1. The van der Waals surface area contributed by atoms with Crippen molar-refractivity contribution in [3.8, 4) is 11.6 Å². The standard InChI is InChI=1S/C19H20N4O4S2/c1-23-16(12-7-5-9-27-12)21-22-19(23)28-10-14(24)20-17-15(18(25)26-2)11-6-3-4-8-13(11)29-17/h5,7,9H,3-4,6,8,10H2,1-2H3,(H,20,24). The van der Waals surface area contributed by atoms with Crippen molar-refractivity contribution in [1.29, 1.82) is 0 Å². The molecule has 0 saturated carbocycles. The third kappa shape index (κ3) is 3.95. The van der Waals surface area contributed by atoms with Gasteiger partial charge in [-0.2, -0.15) is 0 Å². The molecule has 4 rings (SSSR count). The fourth-order valence-corrected chi connectivity index (χ4v) is 5.33. The van der Waals surface area contributed by atoms with Gasteiger partial charge in [-0.3, -0.25) is 4.79 Å². The SMILES string of the molecule is COC(=O)c1c(NC(=O)CSc2nnc(-c3ccco3)n2C)sc2c1CCCC2. The van der Waals surface area contributed by atoms with Crippen LogP contribution in [0.15, 0.2) is 28.0 Å². The van der Waals surface area contributed by atoms with E-state index in [-0.39, 0.29) is 11.7 Å². The van der Waals surface area contributed by atoms with Crippen molar-refractivity contribution < 1.29 is 18.7 Å². The quantitative estimate of drug-likeness (QED) is 0.470. The van der Waals surface area contributed by atoms with Crippen LogP contribution in [0.25, 0.3) is 11.6 Å². The van der Waals surface area contributed by atoms with Gasteiger partial charge < -0.3 is 19.0 Å². The minimum absolute atomic E-state index is 0.146. The van der Waals surface area contributed by atoms with Crippen molar-refractivity contribution in [2.75, 3.05) is 18.2 Å². The lowest BCUT2D eigenvalue weighted by molar-refractivity contribution is -0.113. The third-order valence-electron chi connectivity index (χ3n) is 4.72. The summed E-state index contributed by atoms with van der Waals surface area (Å²) in [6.45, 7) is 0. The number of thioether (sulfide) groups is 1. The first-order valence-corrected chi connectivity index (χ1v) is 11.0. The van der Waals surface area contributed by atoms with Crippen molar-refractivity contribution in [3.05, 3.63) is 34.4 Å². The van der Waals surface area contributed by atoms with E-state index >= 15 is 0 Å². The minimum Gasteiger partial charge on any atom is -0.465 e. The molecule has 0 bridgehead atoms. The predicted molar refractivity (Wildman–Crippen MR) is 110 cm³/mol. The number of hydrogen-bond acceptors (Lipinski definition) is 8. The molecule has 8 nitrogen and oxygen atoms in total. The molecule has 152 valence electrons. The van der Waals surface area contributed by atoms with Crippen LogP contribution in [0.2, 0.25) is 0 Å². The molecule has 29 heavy (non-hydrogen) atoms. The zero-order valence-corrected chi connectivity index (χ0v) is 17.7. The third-order valence-corrected chi connectivity index (χ3v) is 6.95. The number of amides is 1. The Labute approximate surface area is 175 Å². The number of hydrogen-bond donors (Lipinski definition) is 1. The maximum absolute atomic E-state index is 12.6. The number of rotatable bonds is 6. The lowest BCUT2D eigenvalue weighted by Gasteiger charge is -2.11. The lowest BCUT2D eigenvalue weighted by Crippen LogP contribution is -2.16. The number of anilines is 1. The molecule has 0 aromatic carbocycles. The maximum Gasteiger partial charge on any atom is 0.341 e. The molecular weight excluding hydrogens is 412 g/mol. The van der Waals surface area contributed by atoms with Gasteiger partial charge in [-0.15, -0.1) is 21.5 Å². The Morgan fingerprint density at radius 3 is 2.93 bits per heavy atom. The van der Waals surface area contributed by atoms with E-state index in [4.69, 9.17) is 9.15 Å². The van der Waals surface area contributed by atoms with E-state index in [0.29, 0.717) is 27.3 Å². The van der Waals surface area contributed by atoms with Crippen LogP contribution in [0.4, 0.5) is 5.00 Å². The molecule has 1 aliphatic rings. The summed E-state index contributed by atoms with van der Waals surface area (Å²) < 4.78 is 12.1. The van der Waals surface area contributed by atoms with Gasteiger partial charge in [0.25, 0.3) is 0 Å². The second-order valence-corrected chi connectivity index (χ2v) is 8.63. The second-order valence-electron chi connectivity index (χ2n) is 6.59. The Bertz CT molecular complexity index is 1040. The van der Waals surface area contributed by atoms with Gasteiger partial charge >= 0.3 is 5.97 Å². The topological polar surface area (TPSA) is 99.2 Å². The highest BCUT2D eigenvalue weighted by Gasteiger charge is 2.27. The molecule has 0 fully saturated rings. The van der Waals surface area contributed by atoms with Crippen molar-refractivity contribution in [3.63, 3.8) is 0 Å². The van der Waals surface area contributed by atoms with E-state index in [9.17, 15) is 9.59 Å². The van der Waals surface area contributed by atoms with E-state index in [1.807, 2.05) is 7.05 Å². The number of fused-ring (bicyclic) bond motifs is 1. The molecule has 0 spiro atoms. The number of nitrogens with one attached hydrogen (secondary N) is 1. The summed E-state index contributed by atoms with van der Waals surface area (Å²) in [4.78, 5) is 26.0. The van der Waals surface area contributed by atoms with Crippen LogP contribution in [-0.4, -0.2) is 39.5 Å². The van der Waals surface area contributed by atoms with Gasteiger partial charge in [0.2, 0.25) is 5.91 Å². The monoisotopic (exact) mass is 432 g/mol. The molecule has 0 atom stereocenters. The number of methoxy groups -OCH3 is 1. The Morgan fingerprint density at radius 2 is 2.17 bits per heavy atom. The van der Waals surface area contributed by atoms with Gasteiger partial charge in [0.1, 0.15) is 5.00 Å². The molecule has 1 aliphatic carbocycles. The molecule has 0 saturated heterocycles. The second kappa shape index (κ2) is 8.42. The van der Waals surface area contributed by atoms with Crippen LogP contribution in [0.5, 0.6) is 0 Å². The van der Waals surface area contributed by atoms with E-state index in [0.717, 1.165) is 36.1 Å². The number of ether oxygens (including phenoxy) is 1. The van der Waals surface area contributed by atoms with Gasteiger partial charge in [-0.1, -0.05) is 11.8 Å². The first-order valence-electron chi connectivity index (χ1n) is 9.17. The van der Waals surface area contributed by atoms with Crippen LogP contribution in [0, 0.1) is 0 Å². The minimum atomic E-state index is -0.399. The summed E-state index contributed by atoms with van der Waals surface area (Å²) in [5, 5.41) is 12.3. The highest BCUT2D eigenvalue weighted by atomic mass is 32.2.